The summed E-state index contributed by atoms with van der Waals surface area (Å²) in [5, 5.41) is 0.224. The van der Waals surface area contributed by atoms with Crippen molar-refractivity contribution in [2.75, 3.05) is 6.61 Å². The predicted molar refractivity (Wildman–Crippen MR) is 84.8 cm³/mol. The lowest BCUT2D eigenvalue weighted by molar-refractivity contribution is 0.337. The van der Waals surface area contributed by atoms with Gasteiger partial charge >= 0.3 is 0 Å². The summed E-state index contributed by atoms with van der Waals surface area (Å²) >= 11 is 5.66. The van der Waals surface area contributed by atoms with Crippen LogP contribution in [0.5, 0.6) is 5.75 Å². The third-order valence-corrected chi connectivity index (χ3v) is 4.87. The lowest BCUT2D eigenvalue weighted by atomic mass is 10.1. The molecule has 0 aliphatic rings. The van der Waals surface area contributed by atoms with E-state index < -0.39 is 10.0 Å². The Kier molecular flexibility index (Phi) is 5.16. The molecule has 5 nitrogen and oxygen atoms in total. The van der Waals surface area contributed by atoms with Crippen LogP contribution in [0.3, 0.4) is 0 Å². The number of halogens is 1. The van der Waals surface area contributed by atoms with Crippen molar-refractivity contribution in [1.29, 1.82) is 0 Å². The van der Waals surface area contributed by atoms with Gasteiger partial charge < -0.3 is 9.15 Å². The van der Waals surface area contributed by atoms with E-state index >= 15 is 0 Å². The molecule has 1 N–H and O–H groups in total. The second kappa shape index (κ2) is 6.73. The average molecular weight is 344 g/mol. The molecule has 2 aromatic rings. The van der Waals surface area contributed by atoms with E-state index in [4.69, 9.17) is 20.8 Å². The Morgan fingerprint density at radius 1 is 1.23 bits per heavy atom. The number of aryl methyl sites for hydroxylation is 2. The molecule has 0 aliphatic carbocycles. The van der Waals surface area contributed by atoms with Gasteiger partial charge in [0, 0.05) is 0 Å². The number of sulfonamides is 1. The molecule has 0 radical (unpaired) electrons. The molecule has 0 saturated heterocycles. The lowest BCUT2D eigenvalue weighted by Crippen LogP contribution is -2.24. The number of benzene rings is 1. The summed E-state index contributed by atoms with van der Waals surface area (Å²) in [6.45, 7) is 6.01. The minimum atomic E-state index is -3.64. The first-order valence-electron chi connectivity index (χ1n) is 6.81. The minimum absolute atomic E-state index is 0.0424. The molecule has 7 heteroatoms. The highest BCUT2D eigenvalue weighted by Gasteiger charge is 2.19. The van der Waals surface area contributed by atoms with E-state index in [2.05, 4.69) is 4.72 Å². The molecule has 0 fully saturated rings. The van der Waals surface area contributed by atoms with Gasteiger partial charge in [-0.1, -0.05) is 0 Å². The third-order valence-electron chi connectivity index (χ3n) is 3.13. The van der Waals surface area contributed by atoms with Gasteiger partial charge in [-0.3, -0.25) is 0 Å². The van der Waals surface area contributed by atoms with Crippen molar-refractivity contribution in [1.82, 2.24) is 4.72 Å². The first-order valence-corrected chi connectivity index (χ1v) is 8.67. The van der Waals surface area contributed by atoms with Crippen molar-refractivity contribution < 1.29 is 17.6 Å². The number of nitrogens with one attached hydrogen (secondary N) is 1. The maximum Gasteiger partial charge on any atom is 0.241 e. The van der Waals surface area contributed by atoms with Crippen LogP contribution in [-0.2, 0) is 16.6 Å². The second-order valence-corrected chi connectivity index (χ2v) is 6.95. The van der Waals surface area contributed by atoms with Crippen molar-refractivity contribution in [2.45, 2.75) is 32.2 Å². The zero-order valence-corrected chi connectivity index (χ0v) is 14.2. The molecule has 0 unspecified atom stereocenters. The Morgan fingerprint density at radius 2 is 1.95 bits per heavy atom. The van der Waals surface area contributed by atoms with Gasteiger partial charge in [-0.2, -0.15) is 0 Å². The van der Waals surface area contributed by atoms with Gasteiger partial charge in [-0.25, -0.2) is 13.1 Å². The van der Waals surface area contributed by atoms with Crippen LogP contribution < -0.4 is 9.46 Å². The summed E-state index contributed by atoms with van der Waals surface area (Å²) in [6.07, 6.45) is 0. The molecule has 2 rings (SSSR count). The average Bonchev–Trinajstić information content (AvgIpc) is 2.86. The fourth-order valence-electron chi connectivity index (χ4n) is 2.05. The van der Waals surface area contributed by atoms with Crippen molar-refractivity contribution in [3.8, 4) is 5.75 Å². The van der Waals surface area contributed by atoms with E-state index in [1.165, 1.54) is 0 Å². The quantitative estimate of drug-likeness (QED) is 0.872. The Bertz CT molecular complexity index is 768. The normalized spacial score (nSPS) is 11.6. The summed E-state index contributed by atoms with van der Waals surface area (Å²) in [5.74, 6) is 1.14. The first kappa shape index (κ1) is 16.9. The lowest BCUT2D eigenvalue weighted by Gasteiger charge is -2.13. The highest BCUT2D eigenvalue weighted by Crippen LogP contribution is 2.26. The van der Waals surface area contributed by atoms with E-state index in [1.54, 1.807) is 31.2 Å². The molecule has 0 aliphatic heterocycles. The monoisotopic (exact) mass is 343 g/mol. The smallest absolute Gasteiger partial charge is 0.241 e. The molecular formula is C15H18ClNO4S. The van der Waals surface area contributed by atoms with Crippen molar-refractivity contribution in [3.05, 3.63) is 46.4 Å². The number of rotatable bonds is 6. The van der Waals surface area contributed by atoms with Gasteiger partial charge in [0.05, 0.1) is 18.0 Å². The molecule has 1 aromatic heterocycles. The van der Waals surface area contributed by atoms with Gasteiger partial charge in [0.1, 0.15) is 11.5 Å². The molecule has 22 heavy (non-hydrogen) atoms. The predicted octanol–water partition coefficient (Wildman–Crippen LogP) is 3.43. The van der Waals surface area contributed by atoms with Gasteiger partial charge in [-0.15, -0.1) is 0 Å². The molecule has 120 valence electrons. The zero-order valence-electron chi connectivity index (χ0n) is 12.6. The van der Waals surface area contributed by atoms with Crippen LogP contribution in [0.2, 0.25) is 5.22 Å². The van der Waals surface area contributed by atoms with Gasteiger partial charge in [0.25, 0.3) is 0 Å². The zero-order chi connectivity index (χ0) is 16.3. The van der Waals surface area contributed by atoms with E-state index in [1.807, 2.05) is 13.8 Å². The maximum atomic E-state index is 12.4. The van der Waals surface area contributed by atoms with Crippen molar-refractivity contribution >= 4 is 21.6 Å². The number of furan rings is 1. The standard InChI is InChI=1S/C15H18ClNO4S/c1-4-20-13-7-11(3)14(8-10(13)2)22(18,19)17-9-12-5-6-15(16)21-12/h5-8,17H,4,9H2,1-3H3. The van der Waals surface area contributed by atoms with Gasteiger partial charge in [0.2, 0.25) is 10.0 Å². The van der Waals surface area contributed by atoms with E-state index in [0.29, 0.717) is 23.7 Å². The van der Waals surface area contributed by atoms with E-state index in [9.17, 15) is 8.42 Å². The minimum Gasteiger partial charge on any atom is -0.494 e. The molecule has 0 atom stereocenters. The van der Waals surface area contributed by atoms with Gasteiger partial charge in [0.15, 0.2) is 5.22 Å². The fourth-order valence-corrected chi connectivity index (χ4v) is 3.52. The number of hydrogen-bond donors (Lipinski definition) is 1. The van der Waals surface area contributed by atoms with Crippen LogP contribution >= 0.6 is 11.6 Å². The van der Waals surface area contributed by atoms with Crippen LogP contribution in [0.15, 0.2) is 33.6 Å². The van der Waals surface area contributed by atoms with E-state index in [0.717, 1.165) is 5.56 Å². The molecule has 0 saturated carbocycles. The summed E-state index contributed by atoms with van der Waals surface area (Å²) in [5.41, 5.74) is 1.40. The topological polar surface area (TPSA) is 68.5 Å². The van der Waals surface area contributed by atoms with Crippen LogP contribution in [0, 0.1) is 13.8 Å². The molecule has 1 aromatic carbocycles. The van der Waals surface area contributed by atoms with Crippen LogP contribution in [-0.4, -0.2) is 15.0 Å². The summed E-state index contributed by atoms with van der Waals surface area (Å²) in [4.78, 5) is 0.228. The summed E-state index contributed by atoms with van der Waals surface area (Å²) in [6, 6.07) is 6.54. The Morgan fingerprint density at radius 3 is 2.55 bits per heavy atom. The van der Waals surface area contributed by atoms with Crippen molar-refractivity contribution in [3.63, 3.8) is 0 Å². The molecular weight excluding hydrogens is 326 g/mol. The molecule has 0 bridgehead atoms. The third kappa shape index (κ3) is 3.82. The van der Waals surface area contributed by atoms with Gasteiger partial charge in [-0.05, 0) is 67.8 Å². The maximum absolute atomic E-state index is 12.4. The van der Waals surface area contributed by atoms with Crippen molar-refractivity contribution in [2.24, 2.45) is 0 Å². The number of ether oxygens (including phenoxy) is 1. The first-order chi connectivity index (χ1) is 10.3. The Labute approximate surface area is 135 Å². The van der Waals surface area contributed by atoms with Crippen LogP contribution in [0.25, 0.3) is 0 Å². The SMILES string of the molecule is CCOc1cc(C)c(S(=O)(=O)NCc2ccc(Cl)o2)cc1C. The van der Waals surface area contributed by atoms with Crippen LogP contribution in [0.4, 0.5) is 0 Å². The van der Waals surface area contributed by atoms with E-state index in [-0.39, 0.29) is 16.7 Å². The Hall–Kier alpha value is -1.50. The fraction of sp³-hybridized carbons (Fsp3) is 0.333. The molecule has 0 amide bonds. The second-order valence-electron chi connectivity index (χ2n) is 4.85. The largest absolute Gasteiger partial charge is 0.494 e. The molecule has 1 heterocycles. The Balaban J connectivity index is 2.23. The highest BCUT2D eigenvalue weighted by atomic mass is 35.5. The molecule has 0 spiro atoms. The summed E-state index contributed by atoms with van der Waals surface area (Å²) < 4.78 is 38.0. The van der Waals surface area contributed by atoms with Crippen LogP contribution in [0.1, 0.15) is 23.8 Å². The summed E-state index contributed by atoms with van der Waals surface area (Å²) in [7, 11) is -3.64. The number of hydrogen-bond acceptors (Lipinski definition) is 4. The highest BCUT2D eigenvalue weighted by molar-refractivity contribution is 7.89.